The molecule has 0 unspecified atom stereocenters. The summed E-state index contributed by atoms with van der Waals surface area (Å²) in [6.07, 6.45) is 0.0317. The van der Waals surface area contributed by atoms with E-state index >= 15 is 0 Å². The first kappa shape index (κ1) is 27.6. The molecule has 2 aliphatic heterocycles. The molecular formula is C33H35F3N2O4. The second-order valence-corrected chi connectivity index (χ2v) is 12.8. The quantitative estimate of drug-likeness (QED) is 0.522. The Hall–Kier alpha value is -3.22. The Morgan fingerprint density at radius 3 is 2.60 bits per heavy atom. The fourth-order valence-corrected chi connectivity index (χ4v) is 8.64. The van der Waals surface area contributed by atoms with Crippen LogP contribution >= 0.6 is 0 Å². The number of carbonyl (C=O) groups excluding carboxylic acids is 1. The summed E-state index contributed by atoms with van der Waals surface area (Å²) in [5.74, 6) is 5.88. The van der Waals surface area contributed by atoms with Crippen molar-refractivity contribution in [3.05, 3.63) is 58.7 Å². The number of hydrogen-bond acceptors (Lipinski definition) is 5. The molecule has 1 spiro atoms. The van der Waals surface area contributed by atoms with E-state index in [1.807, 2.05) is 6.07 Å². The van der Waals surface area contributed by atoms with Crippen molar-refractivity contribution in [1.29, 1.82) is 0 Å². The largest absolute Gasteiger partial charge is 0.504 e. The highest BCUT2D eigenvalue weighted by Gasteiger charge is 2.75. The third-order valence-electron chi connectivity index (χ3n) is 10.8. The average molecular weight is 581 g/mol. The van der Waals surface area contributed by atoms with Gasteiger partial charge in [-0.25, -0.2) is 0 Å². The van der Waals surface area contributed by atoms with Gasteiger partial charge in [0, 0.05) is 36.7 Å². The normalized spacial score (nSPS) is 32.8. The van der Waals surface area contributed by atoms with Crippen LogP contribution in [-0.4, -0.2) is 69.8 Å². The Labute approximate surface area is 243 Å². The SMILES string of the molecule is CC[C@H]1C[C@@H](N(C)C(=O)C#Cc2ccc(C(F)(F)F)cc2)[C@H]2Oc3c(O)ccc4c3[C@@]23CCN(CC2CC2)[C@H](C4)[C@]13O. The topological polar surface area (TPSA) is 73.2 Å². The van der Waals surface area contributed by atoms with Crippen LogP contribution in [0.1, 0.15) is 61.3 Å². The summed E-state index contributed by atoms with van der Waals surface area (Å²) in [6, 6.07) is 7.56. The van der Waals surface area contributed by atoms with Crippen molar-refractivity contribution in [2.75, 3.05) is 20.1 Å². The number of aromatic hydroxyl groups is 1. The Morgan fingerprint density at radius 1 is 1.19 bits per heavy atom. The van der Waals surface area contributed by atoms with Gasteiger partial charge >= 0.3 is 6.18 Å². The number of rotatable bonds is 4. The molecule has 2 aromatic carbocycles. The number of piperidine rings is 1. The van der Waals surface area contributed by atoms with Gasteiger partial charge in [-0.3, -0.25) is 9.69 Å². The van der Waals surface area contributed by atoms with Gasteiger partial charge in [0.1, 0.15) is 6.10 Å². The van der Waals surface area contributed by atoms with E-state index in [2.05, 4.69) is 23.7 Å². The van der Waals surface area contributed by atoms with Crippen molar-refractivity contribution in [1.82, 2.24) is 9.80 Å². The molecule has 7 rings (SSSR count). The molecule has 2 heterocycles. The molecular weight excluding hydrogens is 545 g/mol. The summed E-state index contributed by atoms with van der Waals surface area (Å²) in [4.78, 5) is 17.5. The molecule has 2 N–H and O–H groups in total. The van der Waals surface area contributed by atoms with E-state index in [4.69, 9.17) is 4.74 Å². The lowest BCUT2D eigenvalue weighted by molar-refractivity contribution is -0.228. The number of hydrogen-bond donors (Lipinski definition) is 2. The van der Waals surface area contributed by atoms with E-state index in [9.17, 15) is 28.2 Å². The molecule has 2 saturated carbocycles. The molecule has 3 aliphatic carbocycles. The van der Waals surface area contributed by atoms with E-state index < -0.39 is 40.8 Å². The molecule has 2 aromatic rings. The highest BCUT2D eigenvalue weighted by Crippen LogP contribution is 2.67. The lowest BCUT2D eigenvalue weighted by Gasteiger charge is -2.67. The van der Waals surface area contributed by atoms with Crippen molar-refractivity contribution < 1.29 is 32.9 Å². The Bertz CT molecular complexity index is 1490. The molecule has 6 atom stereocenters. The summed E-state index contributed by atoms with van der Waals surface area (Å²) in [6.45, 7) is 3.87. The van der Waals surface area contributed by atoms with Crippen molar-refractivity contribution in [3.63, 3.8) is 0 Å². The minimum atomic E-state index is -4.44. The molecule has 42 heavy (non-hydrogen) atoms. The van der Waals surface area contributed by atoms with Gasteiger partial charge in [0.2, 0.25) is 0 Å². The smallest absolute Gasteiger partial charge is 0.416 e. The summed E-state index contributed by atoms with van der Waals surface area (Å²) >= 11 is 0. The first-order chi connectivity index (χ1) is 20.0. The number of ether oxygens (including phenoxy) is 1. The minimum absolute atomic E-state index is 0.0432. The number of alkyl halides is 3. The van der Waals surface area contributed by atoms with E-state index in [0.29, 0.717) is 36.5 Å². The summed E-state index contributed by atoms with van der Waals surface area (Å²) in [7, 11) is 1.68. The Morgan fingerprint density at radius 2 is 1.93 bits per heavy atom. The highest BCUT2D eigenvalue weighted by molar-refractivity contribution is 5.94. The average Bonchev–Trinajstić information content (AvgIpc) is 3.71. The zero-order valence-electron chi connectivity index (χ0n) is 23.7. The van der Waals surface area contributed by atoms with Gasteiger partial charge in [-0.05, 0) is 86.4 Å². The highest BCUT2D eigenvalue weighted by atomic mass is 19.4. The van der Waals surface area contributed by atoms with Gasteiger partial charge in [-0.1, -0.05) is 25.3 Å². The third-order valence-corrected chi connectivity index (χ3v) is 10.8. The fraction of sp³-hybridized carbons (Fsp3) is 0.545. The lowest BCUT2D eigenvalue weighted by atomic mass is 9.45. The predicted octanol–water partition coefficient (Wildman–Crippen LogP) is 4.49. The Balaban J connectivity index is 1.25. The number of carbonyl (C=O) groups is 1. The van der Waals surface area contributed by atoms with Crippen LogP contribution < -0.4 is 4.74 Å². The number of likely N-dealkylation sites (N-methyl/N-ethyl adjacent to an activating group) is 1. The zero-order valence-corrected chi connectivity index (χ0v) is 23.7. The van der Waals surface area contributed by atoms with Gasteiger partial charge in [-0.2, -0.15) is 13.2 Å². The van der Waals surface area contributed by atoms with Crippen LogP contribution in [0.3, 0.4) is 0 Å². The molecule has 1 saturated heterocycles. The monoisotopic (exact) mass is 580 g/mol. The van der Waals surface area contributed by atoms with Gasteiger partial charge in [0.25, 0.3) is 5.91 Å². The fourth-order valence-electron chi connectivity index (χ4n) is 8.64. The number of aliphatic hydroxyl groups is 1. The second kappa shape index (κ2) is 9.39. The molecule has 0 aromatic heterocycles. The first-order valence-electron chi connectivity index (χ1n) is 14.9. The van der Waals surface area contributed by atoms with E-state index in [1.54, 1.807) is 18.0 Å². The molecule has 0 radical (unpaired) electrons. The lowest BCUT2D eigenvalue weighted by Crippen LogP contribution is -2.81. The first-order valence-corrected chi connectivity index (χ1v) is 14.9. The number of phenols is 1. The number of nitrogens with zero attached hydrogens (tertiary/aromatic N) is 2. The van der Waals surface area contributed by atoms with Crippen LogP contribution in [0.5, 0.6) is 11.5 Å². The molecule has 9 heteroatoms. The number of phenolic OH excluding ortho intramolecular Hbond substituents is 1. The number of amides is 1. The number of halogens is 3. The van der Waals surface area contributed by atoms with E-state index in [1.165, 1.54) is 25.0 Å². The third kappa shape index (κ3) is 3.84. The van der Waals surface area contributed by atoms with Crippen LogP contribution in [0.2, 0.25) is 0 Å². The molecule has 1 amide bonds. The predicted molar refractivity (Wildman–Crippen MR) is 149 cm³/mol. The second-order valence-electron chi connectivity index (χ2n) is 12.8. The van der Waals surface area contributed by atoms with Gasteiger partial charge < -0.3 is 19.8 Å². The van der Waals surface area contributed by atoms with Crippen LogP contribution in [-0.2, 0) is 22.8 Å². The van der Waals surface area contributed by atoms with Crippen LogP contribution in [0.25, 0.3) is 0 Å². The van der Waals surface area contributed by atoms with Gasteiger partial charge in [0.15, 0.2) is 11.5 Å². The molecule has 3 fully saturated rings. The van der Waals surface area contributed by atoms with E-state index in [-0.39, 0.29) is 17.7 Å². The maximum Gasteiger partial charge on any atom is 0.416 e. The maximum atomic E-state index is 13.5. The zero-order chi connectivity index (χ0) is 29.6. The van der Waals surface area contributed by atoms with E-state index in [0.717, 1.165) is 42.8 Å². The van der Waals surface area contributed by atoms with Crippen molar-refractivity contribution in [3.8, 4) is 23.3 Å². The maximum absolute atomic E-state index is 13.5. The molecule has 222 valence electrons. The molecule has 5 aliphatic rings. The van der Waals surface area contributed by atoms with Crippen molar-refractivity contribution in [2.45, 2.75) is 80.8 Å². The van der Waals surface area contributed by atoms with Crippen molar-refractivity contribution >= 4 is 5.91 Å². The molecule has 6 nitrogen and oxygen atoms in total. The summed E-state index contributed by atoms with van der Waals surface area (Å²) in [5.41, 5.74) is -0.337. The summed E-state index contributed by atoms with van der Waals surface area (Å²) < 4.78 is 45.4. The molecule has 2 bridgehead atoms. The van der Waals surface area contributed by atoms with Crippen LogP contribution in [0.15, 0.2) is 36.4 Å². The minimum Gasteiger partial charge on any atom is -0.504 e. The van der Waals surface area contributed by atoms with Crippen LogP contribution in [0, 0.1) is 23.7 Å². The summed E-state index contributed by atoms with van der Waals surface area (Å²) in [5, 5.41) is 23.9. The standard InChI is InChI=1S/C33H35F3N2O4/c1-3-22-17-24(37(2)27(40)13-8-19-6-10-23(11-7-19)33(34,35)36)30-31-14-15-38(18-20-4-5-20)26(32(22,31)41)16-21-9-12-25(39)29(42-30)28(21)31/h6-7,9-12,20,22,24,26,30,39,41H,3-5,14-18H2,1-2H3/t22-,24+,26+,30+,31-,32+/m0/s1. The Kier molecular flexibility index (Phi) is 6.17. The van der Waals surface area contributed by atoms with Crippen molar-refractivity contribution in [2.24, 2.45) is 11.8 Å². The van der Waals surface area contributed by atoms with Gasteiger partial charge in [-0.15, -0.1) is 0 Å². The number of likely N-dealkylation sites (tertiary alicyclic amines) is 1. The number of benzene rings is 2. The van der Waals surface area contributed by atoms with Crippen LogP contribution in [0.4, 0.5) is 13.2 Å². The van der Waals surface area contributed by atoms with Gasteiger partial charge in [0.05, 0.1) is 22.6 Å².